The summed E-state index contributed by atoms with van der Waals surface area (Å²) < 4.78 is 0. The van der Waals surface area contributed by atoms with Gasteiger partial charge in [0.15, 0.2) is 0 Å². The molecule has 0 aromatic rings. The molecule has 1 aliphatic carbocycles. The van der Waals surface area contributed by atoms with Crippen LogP contribution in [-0.4, -0.2) is 47.5 Å². The lowest BCUT2D eigenvalue weighted by Crippen LogP contribution is -2.32. The van der Waals surface area contributed by atoms with E-state index >= 15 is 0 Å². The minimum atomic E-state index is -0.00148. The van der Waals surface area contributed by atoms with Gasteiger partial charge in [0.25, 0.3) is 0 Å². The molecule has 2 saturated heterocycles. The Bertz CT molecular complexity index is 397. The van der Waals surface area contributed by atoms with E-state index in [-0.39, 0.29) is 11.6 Å². The zero-order chi connectivity index (χ0) is 12.5. The largest absolute Gasteiger partial charge is 0.368 e. The minimum Gasteiger partial charge on any atom is -0.368 e. The number of ketones is 2. The van der Waals surface area contributed by atoms with E-state index in [0.29, 0.717) is 11.4 Å². The van der Waals surface area contributed by atoms with Crippen molar-refractivity contribution >= 4 is 11.6 Å². The van der Waals surface area contributed by atoms with Gasteiger partial charge in [0.05, 0.1) is 11.4 Å². The molecule has 2 heterocycles. The van der Waals surface area contributed by atoms with Crippen molar-refractivity contribution in [3.05, 3.63) is 23.5 Å². The molecule has 2 fully saturated rings. The van der Waals surface area contributed by atoms with Gasteiger partial charge in [-0.1, -0.05) is 0 Å². The molecule has 18 heavy (non-hydrogen) atoms. The van der Waals surface area contributed by atoms with Crippen molar-refractivity contribution in [2.24, 2.45) is 0 Å². The molecule has 0 amide bonds. The highest BCUT2D eigenvalue weighted by molar-refractivity contribution is 6.19. The monoisotopic (exact) mass is 246 g/mol. The van der Waals surface area contributed by atoms with Crippen molar-refractivity contribution in [3.63, 3.8) is 0 Å². The first-order chi connectivity index (χ1) is 8.75. The summed E-state index contributed by atoms with van der Waals surface area (Å²) in [5.74, 6) is -0.00296. The third-order valence-electron chi connectivity index (χ3n) is 3.93. The van der Waals surface area contributed by atoms with Gasteiger partial charge in [-0.3, -0.25) is 9.59 Å². The van der Waals surface area contributed by atoms with Crippen LogP contribution in [0.25, 0.3) is 0 Å². The van der Waals surface area contributed by atoms with E-state index < -0.39 is 0 Å². The molecule has 3 aliphatic rings. The zero-order valence-electron chi connectivity index (χ0n) is 10.5. The predicted molar refractivity (Wildman–Crippen MR) is 67.8 cm³/mol. The molecule has 0 bridgehead atoms. The molecule has 2 aliphatic heterocycles. The van der Waals surface area contributed by atoms with E-state index in [4.69, 9.17) is 0 Å². The van der Waals surface area contributed by atoms with Crippen LogP contribution in [0.2, 0.25) is 0 Å². The van der Waals surface area contributed by atoms with Crippen molar-refractivity contribution in [1.82, 2.24) is 9.80 Å². The molecule has 0 aromatic carbocycles. The predicted octanol–water partition coefficient (Wildman–Crippen LogP) is 1.10. The minimum absolute atomic E-state index is 0.00148. The lowest BCUT2D eigenvalue weighted by Gasteiger charge is -2.25. The zero-order valence-corrected chi connectivity index (χ0v) is 10.5. The molecule has 0 spiro atoms. The molecule has 0 aromatic heterocycles. The molecule has 96 valence electrons. The molecule has 0 radical (unpaired) electrons. The normalized spacial score (nSPS) is 24.7. The average molecular weight is 246 g/mol. The van der Waals surface area contributed by atoms with Crippen LogP contribution in [0.15, 0.2) is 23.5 Å². The van der Waals surface area contributed by atoms with Gasteiger partial charge in [-0.2, -0.15) is 0 Å². The van der Waals surface area contributed by atoms with Crippen molar-refractivity contribution in [2.45, 2.75) is 25.7 Å². The molecule has 4 heteroatoms. The Morgan fingerprint density at radius 2 is 1.00 bits per heavy atom. The van der Waals surface area contributed by atoms with E-state index in [1.54, 1.807) is 12.2 Å². The molecular formula is C14H18N2O2. The number of rotatable bonds is 2. The van der Waals surface area contributed by atoms with Crippen molar-refractivity contribution < 1.29 is 9.59 Å². The number of hydrogen-bond donors (Lipinski definition) is 0. The number of carbonyl (C=O) groups excluding carboxylic acids is 2. The summed E-state index contributed by atoms with van der Waals surface area (Å²) in [6, 6.07) is 0. The second kappa shape index (κ2) is 4.59. The molecular weight excluding hydrogens is 228 g/mol. The van der Waals surface area contributed by atoms with Gasteiger partial charge in [-0.15, -0.1) is 0 Å². The van der Waals surface area contributed by atoms with Crippen molar-refractivity contribution in [2.75, 3.05) is 26.2 Å². The van der Waals surface area contributed by atoms with Gasteiger partial charge in [0.1, 0.15) is 0 Å². The SMILES string of the molecule is O=C1C=C(N2CCCC2)C(=O)C=C1N1CCCC1. The number of nitrogens with zero attached hydrogens (tertiary/aromatic N) is 2. The summed E-state index contributed by atoms with van der Waals surface area (Å²) in [7, 11) is 0. The van der Waals surface area contributed by atoms with Crippen LogP contribution in [0.5, 0.6) is 0 Å². The van der Waals surface area contributed by atoms with Crippen molar-refractivity contribution in [3.8, 4) is 0 Å². The molecule has 0 atom stereocenters. The molecule has 4 nitrogen and oxygen atoms in total. The highest BCUT2D eigenvalue weighted by Gasteiger charge is 2.29. The Balaban J connectivity index is 1.80. The quantitative estimate of drug-likeness (QED) is 0.684. The fourth-order valence-electron chi connectivity index (χ4n) is 2.95. The van der Waals surface area contributed by atoms with Gasteiger partial charge in [-0.05, 0) is 25.7 Å². The van der Waals surface area contributed by atoms with Crippen molar-refractivity contribution in [1.29, 1.82) is 0 Å². The lowest BCUT2D eigenvalue weighted by molar-refractivity contribution is -0.117. The molecule has 0 unspecified atom stereocenters. The van der Waals surface area contributed by atoms with Gasteiger partial charge >= 0.3 is 0 Å². The topological polar surface area (TPSA) is 40.6 Å². The number of carbonyl (C=O) groups is 2. The Labute approximate surface area is 107 Å². The first kappa shape index (κ1) is 11.5. The van der Waals surface area contributed by atoms with E-state index in [1.807, 2.05) is 9.80 Å². The highest BCUT2D eigenvalue weighted by atomic mass is 16.1. The molecule has 3 rings (SSSR count). The third-order valence-corrected chi connectivity index (χ3v) is 3.93. The Morgan fingerprint density at radius 1 is 0.667 bits per heavy atom. The van der Waals surface area contributed by atoms with Crippen LogP contribution < -0.4 is 0 Å². The first-order valence-electron chi connectivity index (χ1n) is 6.78. The van der Waals surface area contributed by atoms with Crippen LogP contribution in [0.4, 0.5) is 0 Å². The third kappa shape index (κ3) is 1.96. The Kier molecular flexibility index (Phi) is 2.94. The summed E-state index contributed by atoms with van der Waals surface area (Å²) in [4.78, 5) is 28.3. The van der Waals surface area contributed by atoms with Crippen LogP contribution in [0, 0.1) is 0 Å². The summed E-state index contributed by atoms with van der Waals surface area (Å²) in [5, 5.41) is 0. The van der Waals surface area contributed by atoms with E-state index in [9.17, 15) is 9.59 Å². The summed E-state index contributed by atoms with van der Waals surface area (Å²) in [6.45, 7) is 3.60. The summed E-state index contributed by atoms with van der Waals surface area (Å²) in [6.07, 6.45) is 7.54. The van der Waals surface area contributed by atoms with Gasteiger partial charge in [-0.25, -0.2) is 0 Å². The maximum absolute atomic E-state index is 12.1. The second-order valence-corrected chi connectivity index (χ2v) is 5.18. The molecule has 0 N–H and O–H groups in total. The van der Waals surface area contributed by atoms with E-state index in [0.717, 1.165) is 51.9 Å². The first-order valence-corrected chi connectivity index (χ1v) is 6.78. The second-order valence-electron chi connectivity index (χ2n) is 5.18. The van der Waals surface area contributed by atoms with E-state index in [1.165, 1.54) is 0 Å². The van der Waals surface area contributed by atoms with Crippen LogP contribution >= 0.6 is 0 Å². The number of hydrogen-bond acceptors (Lipinski definition) is 4. The van der Waals surface area contributed by atoms with Gasteiger partial charge in [0, 0.05) is 38.3 Å². The Morgan fingerprint density at radius 3 is 1.33 bits per heavy atom. The smallest absolute Gasteiger partial charge is 0.204 e. The fraction of sp³-hybridized carbons (Fsp3) is 0.571. The summed E-state index contributed by atoms with van der Waals surface area (Å²) in [5.41, 5.74) is 1.20. The van der Waals surface area contributed by atoms with Gasteiger partial charge in [0.2, 0.25) is 11.6 Å². The Hall–Kier alpha value is -1.58. The lowest BCUT2D eigenvalue weighted by atomic mass is 10.0. The van der Waals surface area contributed by atoms with E-state index in [2.05, 4.69) is 0 Å². The van der Waals surface area contributed by atoms with Crippen LogP contribution in [-0.2, 0) is 9.59 Å². The maximum Gasteiger partial charge on any atom is 0.204 e. The number of allylic oxidation sites excluding steroid dienone is 2. The van der Waals surface area contributed by atoms with Crippen LogP contribution in [0.1, 0.15) is 25.7 Å². The molecule has 0 saturated carbocycles. The van der Waals surface area contributed by atoms with Gasteiger partial charge < -0.3 is 9.80 Å². The van der Waals surface area contributed by atoms with Crippen LogP contribution in [0.3, 0.4) is 0 Å². The number of likely N-dealkylation sites (tertiary alicyclic amines) is 2. The average Bonchev–Trinajstić information content (AvgIpc) is 3.02. The highest BCUT2D eigenvalue weighted by Crippen LogP contribution is 2.24. The standard InChI is InChI=1S/C14H18N2O2/c17-13-10-12(16-7-3-4-8-16)14(18)9-11(13)15-5-1-2-6-15/h9-10H,1-8H2. The summed E-state index contributed by atoms with van der Waals surface area (Å²) >= 11 is 0. The maximum atomic E-state index is 12.1. The fourth-order valence-corrected chi connectivity index (χ4v) is 2.95.